The second kappa shape index (κ2) is 9.85. The topological polar surface area (TPSA) is 91.4 Å². The molecule has 0 amide bonds. The number of rotatable bonds is 6. The van der Waals surface area contributed by atoms with Crippen molar-refractivity contribution in [3.8, 4) is 5.69 Å². The molecule has 0 unspecified atom stereocenters. The van der Waals surface area contributed by atoms with E-state index in [9.17, 15) is 14.4 Å². The summed E-state index contributed by atoms with van der Waals surface area (Å²) in [6.45, 7) is 5.84. The Morgan fingerprint density at radius 2 is 1.65 bits per heavy atom. The van der Waals surface area contributed by atoms with Crippen LogP contribution in [0.3, 0.4) is 0 Å². The lowest BCUT2D eigenvalue weighted by Gasteiger charge is -2.14. The Morgan fingerprint density at radius 1 is 0.919 bits per heavy atom. The van der Waals surface area contributed by atoms with Crippen molar-refractivity contribution in [2.75, 3.05) is 0 Å². The number of hydrogen-bond donors (Lipinski definition) is 0. The largest absolute Gasteiger partial charge is 0.461 e. The Morgan fingerprint density at radius 3 is 2.43 bits per heavy atom. The number of carbonyl (C=O) groups excluding carboxylic acids is 1. The van der Waals surface area contributed by atoms with Crippen LogP contribution in [-0.2, 0) is 22.6 Å². The van der Waals surface area contributed by atoms with Crippen LogP contribution in [0, 0.1) is 20.8 Å². The molecular weight excluding hydrogens is 468 g/mol. The Labute approximate surface area is 213 Å². The Bertz CT molecular complexity index is 1760. The fraction of sp³-hybridized carbons (Fsp3) is 0.200. The van der Waals surface area contributed by atoms with Crippen molar-refractivity contribution in [3.05, 3.63) is 116 Å². The molecule has 0 saturated carbocycles. The number of para-hydroxylation sites is 1. The molecule has 0 atom stereocenters. The summed E-state index contributed by atoms with van der Waals surface area (Å²) in [6.07, 6.45) is 0.233. The maximum absolute atomic E-state index is 13.4. The molecular formula is C30H26N2O5. The van der Waals surface area contributed by atoms with Gasteiger partial charge in [-0.2, -0.15) is 0 Å². The first-order valence-electron chi connectivity index (χ1n) is 12.1. The zero-order chi connectivity index (χ0) is 26.1. The number of nitrogens with zero attached hydrogens (tertiary/aromatic N) is 2. The van der Waals surface area contributed by atoms with Crippen LogP contribution in [0.15, 0.2) is 80.7 Å². The van der Waals surface area contributed by atoms with Crippen molar-refractivity contribution >= 4 is 27.8 Å². The monoisotopic (exact) mass is 494 g/mol. The highest BCUT2D eigenvalue weighted by atomic mass is 16.5. The third kappa shape index (κ3) is 4.93. The number of benzene rings is 3. The lowest BCUT2D eigenvalue weighted by atomic mass is 10.0. The van der Waals surface area contributed by atoms with Gasteiger partial charge in [-0.15, -0.1) is 0 Å². The van der Waals surface area contributed by atoms with Gasteiger partial charge in [0.1, 0.15) is 18.0 Å². The molecule has 0 bridgehead atoms. The van der Waals surface area contributed by atoms with E-state index in [0.29, 0.717) is 33.6 Å². The average molecular weight is 495 g/mol. The molecule has 0 aliphatic rings. The van der Waals surface area contributed by atoms with Gasteiger partial charge in [-0.25, -0.2) is 9.78 Å². The van der Waals surface area contributed by atoms with Crippen molar-refractivity contribution in [3.63, 3.8) is 0 Å². The van der Waals surface area contributed by atoms with Crippen molar-refractivity contribution in [1.29, 1.82) is 0 Å². The van der Waals surface area contributed by atoms with E-state index < -0.39 is 11.6 Å². The van der Waals surface area contributed by atoms with E-state index in [1.807, 2.05) is 63.2 Å². The number of ether oxygens (including phenoxy) is 1. The van der Waals surface area contributed by atoms with Crippen LogP contribution in [0.1, 0.15) is 34.5 Å². The Kier molecular flexibility index (Phi) is 6.44. The number of carbonyl (C=O) groups is 1. The molecule has 7 heteroatoms. The van der Waals surface area contributed by atoms with Crippen molar-refractivity contribution < 1.29 is 13.9 Å². The minimum Gasteiger partial charge on any atom is -0.461 e. The summed E-state index contributed by atoms with van der Waals surface area (Å²) in [6, 6.07) is 19.8. The number of esters is 1. The molecule has 0 radical (unpaired) electrons. The van der Waals surface area contributed by atoms with E-state index in [4.69, 9.17) is 14.1 Å². The number of hydrogen-bond acceptors (Lipinski definition) is 6. The fourth-order valence-corrected chi connectivity index (χ4v) is 4.35. The summed E-state index contributed by atoms with van der Waals surface area (Å²) in [5.41, 5.74) is 4.75. The van der Waals surface area contributed by atoms with Crippen molar-refractivity contribution in [2.45, 2.75) is 40.2 Å². The lowest BCUT2D eigenvalue weighted by molar-refractivity contribution is -0.144. The molecule has 0 spiro atoms. The molecule has 186 valence electrons. The van der Waals surface area contributed by atoms with Crippen molar-refractivity contribution in [2.24, 2.45) is 0 Å². The summed E-state index contributed by atoms with van der Waals surface area (Å²) in [4.78, 5) is 42.8. The molecule has 0 aliphatic heterocycles. The highest BCUT2D eigenvalue weighted by Gasteiger charge is 2.16. The van der Waals surface area contributed by atoms with E-state index in [1.165, 1.54) is 6.07 Å². The van der Waals surface area contributed by atoms with Crippen LogP contribution in [0.5, 0.6) is 0 Å². The van der Waals surface area contributed by atoms with Gasteiger partial charge < -0.3 is 9.15 Å². The fourth-order valence-electron chi connectivity index (χ4n) is 4.35. The second-order valence-corrected chi connectivity index (χ2v) is 9.21. The maximum Gasteiger partial charge on any atom is 0.336 e. The minimum atomic E-state index is -0.496. The van der Waals surface area contributed by atoms with Gasteiger partial charge in [-0.05, 0) is 68.3 Å². The lowest BCUT2D eigenvalue weighted by Crippen LogP contribution is -2.24. The van der Waals surface area contributed by atoms with Crippen LogP contribution < -0.4 is 11.2 Å². The average Bonchev–Trinajstić information content (AvgIpc) is 2.88. The molecule has 2 aromatic heterocycles. The van der Waals surface area contributed by atoms with E-state index >= 15 is 0 Å². The van der Waals surface area contributed by atoms with Gasteiger partial charge in [-0.1, -0.05) is 29.8 Å². The first-order valence-corrected chi connectivity index (χ1v) is 12.1. The predicted octanol–water partition coefficient (Wildman–Crippen LogP) is 5.09. The normalized spacial score (nSPS) is 11.2. The van der Waals surface area contributed by atoms with Crippen LogP contribution >= 0.6 is 0 Å². The van der Waals surface area contributed by atoms with Gasteiger partial charge >= 0.3 is 11.6 Å². The SMILES string of the molecule is Cc1ccc(-n2c(CCC(=O)OCc3cc(=O)oc4cc(C)c(C)cc34)nc3ccccc3c2=O)cc1. The third-order valence-electron chi connectivity index (χ3n) is 6.52. The predicted molar refractivity (Wildman–Crippen MR) is 142 cm³/mol. The molecule has 0 fully saturated rings. The van der Waals surface area contributed by atoms with Crippen LogP contribution in [0.4, 0.5) is 0 Å². The molecule has 0 saturated heterocycles. The van der Waals surface area contributed by atoms with Gasteiger partial charge in [0.05, 0.1) is 23.0 Å². The summed E-state index contributed by atoms with van der Waals surface area (Å²) >= 11 is 0. The summed E-state index contributed by atoms with van der Waals surface area (Å²) < 4.78 is 12.4. The quantitative estimate of drug-likeness (QED) is 0.241. The Hall–Kier alpha value is -4.52. The zero-order valence-electron chi connectivity index (χ0n) is 20.9. The van der Waals surface area contributed by atoms with E-state index in [2.05, 4.69) is 0 Å². The zero-order valence-corrected chi connectivity index (χ0v) is 20.9. The summed E-state index contributed by atoms with van der Waals surface area (Å²) in [5.74, 6) is 0.0181. The molecule has 37 heavy (non-hydrogen) atoms. The smallest absolute Gasteiger partial charge is 0.336 e. The van der Waals surface area contributed by atoms with Gasteiger partial charge in [0.25, 0.3) is 5.56 Å². The molecule has 5 aromatic rings. The van der Waals surface area contributed by atoms with Gasteiger partial charge in [0.15, 0.2) is 0 Å². The first kappa shape index (κ1) is 24.2. The van der Waals surface area contributed by atoms with Crippen LogP contribution in [0.2, 0.25) is 0 Å². The molecule has 2 heterocycles. The maximum atomic E-state index is 13.4. The Balaban J connectivity index is 1.40. The van der Waals surface area contributed by atoms with Crippen LogP contribution in [-0.4, -0.2) is 15.5 Å². The van der Waals surface area contributed by atoms with Gasteiger partial charge in [0, 0.05) is 23.4 Å². The van der Waals surface area contributed by atoms with Crippen molar-refractivity contribution in [1.82, 2.24) is 9.55 Å². The van der Waals surface area contributed by atoms with Crippen LogP contribution in [0.25, 0.3) is 27.6 Å². The summed E-state index contributed by atoms with van der Waals surface area (Å²) in [5, 5.41) is 1.25. The molecule has 3 aromatic carbocycles. The first-order chi connectivity index (χ1) is 17.8. The molecule has 7 nitrogen and oxygen atoms in total. The number of fused-ring (bicyclic) bond motifs is 2. The minimum absolute atomic E-state index is 0.0220. The number of aromatic nitrogens is 2. The number of aryl methyl sites for hydroxylation is 4. The van der Waals surface area contributed by atoms with Gasteiger partial charge in [0.2, 0.25) is 0 Å². The van der Waals surface area contributed by atoms with E-state index in [-0.39, 0.29) is 25.0 Å². The standard InChI is InChI=1S/C30H26N2O5/c1-18-8-10-22(11-9-18)32-27(31-25-7-5-4-6-23(25)30(32)35)12-13-28(33)36-17-21-16-29(34)37-26-15-20(3)19(2)14-24(21)26/h4-11,14-16H,12-13,17H2,1-3H3. The van der Waals surface area contributed by atoms with E-state index in [1.54, 1.807) is 22.8 Å². The molecule has 5 rings (SSSR count). The third-order valence-corrected chi connectivity index (χ3v) is 6.52. The highest BCUT2D eigenvalue weighted by molar-refractivity contribution is 5.82. The van der Waals surface area contributed by atoms with E-state index in [0.717, 1.165) is 22.1 Å². The molecule has 0 aliphatic carbocycles. The van der Waals surface area contributed by atoms with Gasteiger partial charge in [-0.3, -0.25) is 14.2 Å². The molecule has 0 N–H and O–H groups in total. The highest BCUT2D eigenvalue weighted by Crippen LogP contribution is 2.22. The summed E-state index contributed by atoms with van der Waals surface area (Å²) in [7, 11) is 0. The second-order valence-electron chi connectivity index (χ2n) is 9.21.